The van der Waals surface area contributed by atoms with E-state index in [0.29, 0.717) is 19.0 Å². The van der Waals surface area contributed by atoms with E-state index in [2.05, 4.69) is 19.9 Å². The van der Waals surface area contributed by atoms with Crippen LogP contribution in [0.5, 0.6) is 17.2 Å². The summed E-state index contributed by atoms with van der Waals surface area (Å²) in [7, 11) is 1.63. The van der Waals surface area contributed by atoms with Crippen LogP contribution in [0.4, 0.5) is 0 Å². The minimum absolute atomic E-state index is 0.0280. The van der Waals surface area contributed by atoms with Crippen molar-refractivity contribution >= 4 is 12.2 Å². The molecule has 0 bridgehead atoms. The summed E-state index contributed by atoms with van der Waals surface area (Å²) < 4.78 is 16.8. The molecule has 0 fully saturated rings. The van der Waals surface area contributed by atoms with Crippen molar-refractivity contribution in [3.05, 3.63) is 88.0 Å². The van der Waals surface area contributed by atoms with Crippen molar-refractivity contribution < 1.29 is 24.4 Å². The maximum atomic E-state index is 8.80. The molecular weight excluding hydrogens is 452 g/mol. The maximum absolute atomic E-state index is 8.80. The van der Waals surface area contributed by atoms with Gasteiger partial charge in [0.2, 0.25) is 0 Å². The van der Waals surface area contributed by atoms with Gasteiger partial charge in [-0.25, -0.2) is 0 Å². The third kappa shape index (κ3) is 11.9. The van der Waals surface area contributed by atoms with Gasteiger partial charge in [0.25, 0.3) is 0 Å². The highest BCUT2D eigenvalue weighted by molar-refractivity contribution is 5.59. The molecule has 0 atom stereocenters. The Labute approximate surface area is 217 Å². The van der Waals surface area contributed by atoms with Crippen LogP contribution in [0.15, 0.2) is 65.8 Å². The third-order valence-electron chi connectivity index (χ3n) is 4.96. The van der Waals surface area contributed by atoms with Crippen LogP contribution >= 0.6 is 0 Å². The van der Waals surface area contributed by atoms with E-state index in [-0.39, 0.29) is 13.2 Å². The summed E-state index contributed by atoms with van der Waals surface area (Å²) in [6.45, 7) is 13.4. The molecule has 0 spiro atoms. The van der Waals surface area contributed by atoms with Crippen molar-refractivity contribution in [2.24, 2.45) is 0 Å². The molecule has 0 saturated carbocycles. The molecule has 0 saturated heterocycles. The predicted molar refractivity (Wildman–Crippen MR) is 151 cm³/mol. The first-order chi connectivity index (χ1) is 17.2. The van der Waals surface area contributed by atoms with E-state index < -0.39 is 0 Å². The second-order valence-corrected chi connectivity index (χ2v) is 8.75. The second kappa shape index (κ2) is 17.2. The highest BCUT2D eigenvalue weighted by Gasteiger charge is 2.09. The molecule has 2 N–H and O–H groups in total. The van der Waals surface area contributed by atoms with Crippen LogP contribution in [-0.4, -0.2) is 43.8 Å². The fraction of sp³-hybridized carbons (Fsp3) is 0.355. The van der Waals surface area contributed by atoms with Gasteiger partial charge in [-0.3, -0.25) is 0 Å². The monoisotopic (exact) mass is 494 g/mol. The molecule has 2 rings (SSSR count). The minimum Gasteiger partial charge on any atom is -0.493 e. The molecule has 0 aliphatic heterocycles. The summed E-state index contributed by atoms with van der Waals surface area (Å²) in [5, 5.41) is 17.5. The maximum Gasteiger partial charge on any atom is 0.164 e. The standard InChI is InChI=1S/C16H22O3.C15H20O2/c1-12(2)7-9-19-16-13(3)10-14(6-5-8-17)11-15(16)18-4;1-12(2)8-10-17-15-7-6-14(5-4-9-16)11-13(15)3/h5-7,10-11,17H,8-9H2,1-4H3;4-8,11,16H,9-10H2,1-3H3/b6-5+;5-4+. The van der Waals surface area contributed by atoms with E-state index >= 15 is 0 Å². The van der Waals surface area contributed by atoms with Gasteiger partial charge >= 0.3 is 0 Å². The largest absolute Gasteiger partial charge is 0.493 e. The predicted octanol–water partition coefficient (Wildman–Crippen LogP) is 6.70. The van der Waals surface area contributed by atoms with Crippen molar-refractivity contribution in [1.82, 2.24) is 0 Å². The van der Waals surface area contributed by atoms with Gasteiger partial charge in [-0.15, -0.1) is 0 Å². The van der Waals surface area contributed by atoms with Crippen LogP contribution in [0.1, 0.15) is 49.9 Å². The van der Waals surface area contributed by atoms with Gasteiger partial charge in [-0.05, 0) is 100 Å². The SMILES string of the molecule is CC(C)=CCOc1ccc(/C=C/CO)cc1C.COc1cc(/C=C/CO)cc(C)c1OCC=C(C)C. The van der Waals surface area contributed by atoms with E-state index in [9.17, 15) is 0 Å². The van der Waals surface area contributed by atoms with E-state index in [1.54, 1.807) is 19.3 Å². The van der Waals surface area contributed by atoms with E-state index in [0.717, 1.165) is 33.8 Å². The third-order valence-corrected chi connectivity index (χ3v) is 4.96. The lowest BCUT2D eigenvalue weighted by Crippen LogP contribution is -1.99. The number of aliphatic hydroxyl groups excluding tert-OH is 2. The zero-order valence-electron chi connectivity index (χ0n) is 22.8. The molecule has 0 unspecified atom stereocenters. The fourth-order valence-corrected chi connectivity index (χ4v) is 3.11. The summed E-state index contributed by atoms with van der Waals surface area (Å²) in [4.78, 5) is 0. The minimum atomic E-state index is 0.0280. The Morgan fingerprint density at radius 1 is 0.722 bits per heavy atom. The Morgan fingerprint density at radius 2 is 1.28 bits per heavy atom. The molecule has 2 aromatic carbocycles. The van der Waals surface area contributed by atoms with Crippen molar-refractivity contribution in [2.45, 2.75) is 41.5 Å². The Morgan fingerprint density at radius 3 is 1.81 bits per heavy atom. The molecular formula is C31H42O5. The van der Waals surface area contributed by atoms with Gasteiger partial charge in [0.05, 0.1) is 20.3 Å². The molecule has 5 nitrogen and oxygen atoms in total. The lowest BCUT2D eigenvalue weighted by Gasteiger charge is -2.13. The van der Waals surface area contributed by atoms with Crippen LogP contribution in [0.2, 0.25) is 0 Å². The summed E-state index contributed by atoms with van der Waals surface area (Å²) in [6, 6.07) is 9.90. The average Bonchev–Trinajstić information content (AvgIpc) is 2.83. The molecule has 0 amide bonds. The Kier molecular flexibility index (Phi) is 14.7. The average molecular weight is 495 g/mol. The van der Waals surface area contributed by atoms with Crippen LogP contribution in [0.3, 0.4) is 0 Å². The zero-order chi connectivity index (χ0) is 26.9. The summed E-state index contributed by atoms with van der Waals surface area (Å²) in [6.07, 6.45) is 11.2. The first kappa shape index (κ1) is 30.8. The number of methoxy groups -OCH3 is 1. The van der Waals surface area contributed by atoms with Crippen molar-refractivity contribution in [2.75, 3.05) is 33.5 Å². The Hall–Kier alpha value is -3.28. The first-order valence-corrected chi connectivity index (χ1v) is 12.1. The summed E-state index contributed by atoms with van der Waals surface area (Å²) >= 11 is 0. The highest BCUT2D eigenvalue weighted by atomic mass is 16.5. The normalized spacial score (nSPS) is 10.6. The van der Waals surface area contributed by atoms with Crippen LogP contribution in [0.25, 0.3) is 12.2 Å². The molecule has 0 heterocycles. The number of rotatable bonds is 11. The highest BCUT2D eigenvalue weighted by Crippen LogP contribution is 2.33. The molecule has 0 aliphatic carbocycles. The number of benzene rings is 2. The number of ether oxygens (including phenoxy) is 3. The molecule has 0 aliphatic rings. The molecule has 196 valence electrons. The quantitative estimate of drug-likeness (QED) is 0.340. The van der Waals surface area contributed by atoms with Gasteiger partial charge < -0.3 is 24.4 Å². The molecule has 36 heavy (non-hydrogen) atoms. The summed E-state index contributed by atoms with van der Waals surface area (Å²) in [5.74, 6) is 2.38. The van der Waals surface area contributed by atoms with Gasteiger partial charge in [-0.2, -0.15) is 0 Å². The van der Waals surface area contributed by atoms with Crippen LogP contribution < -0.4 is 14.2 Å². The van der Waals surface area contributed by atoms with E-state index in [1.165, 1.54) is 11.1 Å². The number of hydrogen-bond acceptors (Lipinski definition) is 5. The van der Waals surface area contributed by atoms with Crippen LogP contribution in [-0.2, 0) is 0 Å². The lowest BCUT2D eigenvalue weighted by molar-refractivity contribution is 0.323. The number of hydrogen-bond donors (Lipinski definition) is 2. The number of aliphatic hydroxyl groups is 2. The Bertz CT molecular complexity index is 1050. The number of aryl methyl sites for hydroxylation is 2. The number of allylic oxidation sites excluding steroid dienone is 2. The smallest absolute Gasteiger partial charge is 0.164 e. The molecule has 5 heteroatoms. The van der Waals surface area contributed by atoms with Gasteiger partial charge in [0.1, 0.15) is 19.0 Å². The zero-order valence-corrected chi connectivity index (χ0v) is 22.8. The molecule has 0 radical (unpaired) electrons. The second-order valence-electron chi connectivity index (χ2n) is 8.75. The summed E-state index contributed by atoms with van der Waals surface area (Å²) in [5.41, 5.74) is 6.65. The van der Waals surface area contributed by atoms with Crippen molar-refractivity contribution in [3.8, 4) is 17.2 Å². The van der Waals surface area contributed by atoms with Crippen LogP contribution in [0, 0.1) is 13.8 Å². The fourth-order valence-electron chi connectivity index (χ4n) is 3.11. The van der Waals surface area contributed by atoms with E-state index in [4.69, 9.17) is 24.4 Å². The van der Waals surface area contributed by atoms with Gasteiger partial charge in [-0.1, -0.05) is 41.5 Å². The van der Waals surface area contributed by atoms with Gasteiger partial charge in [0, 0.05) is 0 Å². The Balaban J connectivity index is 0.000000362. The molecule has 2 aromatic rings. The lowest BCUT2D eigenvalue weighted by atomic mass is 10.1. The van der Waals surface area contributed by atoms with Crippen molar-refractivity contribution in [1.29, 1.82) is 0 Å². The van der Waals surface area contributed by atoms with Gasteiger partial charge in [0.15, 0.2) is 11.5 Å². The first-order valence-electron chi connectivity index (χ1n) is 12.1. The molecule has 0 aromatic heterocycles. The van der Waals surface area contributed by atoms with E-state index in [1.807, 2.05) is 76.3 Å². The topological polar surface area (TPSA) is 68.2 Å². The van der Waals surface area contributed by atoms with Crippen molar-refractivity contribution in [3.63, 3.8) is 0 Å².